The maximum atomic E-state index is 12.3. The van der Waals surface area contributed by atoms with Crippen LogP contribution in [0.25, 0.3) is 0 Å². The molecule has 0 N–H and O–H groups in total. The molecule has 0 aliphatic carbocycles. The van der Waals surface area contributed by atoms with E-state index in [-0.39, 0.29) is 11.7 Å². The Labute approximate surface area is 125 Å². The second kappa shape index (κ2) is 5.28. The maximum Gasteiger partial charge on any atom is 0.136 e. The number of hydrogen-bond donors (Lipinski definition) is 0. The summed E-state index contributed by atoms with van der Waals surface area (Å²) in [5.41, 5.74) is 2.66. The molecule has 0 saturated heterocycles. The van der Waals surface area contributed by atoms with Crippen LogP contribution >= 0.6 is 0 Å². The van der Waals surface area contributed by atoms with Crippen LogP contribution in [-0.4, -0.2) is 11.5 Å². The van der Waals surface area contributed by atoms with Gasteiger partial charge in [-0.3, -0.25) is 9.79 Å². The van der Waals surface area contributed by atoms with Crippen LogP contribution in [0, 0.1) is 5.92 Å². The number of hydrogen-bond acceptors (Lipinski definition) is 2. The first kappa shape index (κ1) is 13.7. The van der Waals surface area contributed by atoms with Crippen LogP contribution in [0.4, 0.5) is 0 Å². The van der Waals surface area contributed by atoms with Crippen molar-refractivity contribution in [2.75, 3.05) is 0 Å². The highest BCUT2D eigenvalue weighted by Crippen LogP contribution is 2.46. The van der Waals surface area contributed by atoms with Gasteiger partial charge in [0.05, 0.1) is 5.92 Å². The molecule has 1 atom stereocenters. The molecule has 0 bridgehead atoms. The van der Waals surface area contributed by atoms with E-state index in [1.54, 1.807) is 6.92 Å². The lowest BCUT2D eigenvalue weighted by molar-refractivity contribution is -0.121. The molecule has 0 saturated carbocycles. The smallest absolute Gasteiger partial charge is 0.136 e. The second-order valence-electron chi connectivity index (χ2n) is 5.71. The van der Waals surface area contributed by atoms with E-state index in [9.17, 15) is 4.79 Å². The van der Waals surface area contributed by atoms with Gasteiger partial charge in [-0.15, -0.1) is 0 Å². The molecule has 21 heavy (non-hydrogen) atoms. The number of carbonyl (C=O) groups is 1. The summed E-state index contributed by atoms with van der Waals surface area (Å²) in [5, 5.41) is 0. The Bertz CT molecular complexity index is 634. The van der Waals surface area contributed by atoms with Crippen molar-refractivity contribution in [2.45, 2.75) is 25.8 Å². The van der Waals surface area contributed by atoms with Crippen molar-refractivity contribution < 1.29 is 4.79 Å². The topological polar surface area (TPSA) is 29.4 Å². The molecule has 0 aromatic heterocycles. The van der Waals surface area contributed by atoms with Crippen LogP contribution in [-0.2, 0) is 10.3 Å². The Balaban J connectivity index is 2.28. The van der Waals surface area contributed by atoms with Crippen LogP contribution in [0.3, 0.4) is 0 Å². The third-order valence-electron chi connectivity index (χ3n) is 4.29. The maximum absolute atomic E-state index is 12.3. The van der Waals surface area contributed by atoms with E-state index < -0.39 is 5.54 Å². The van der Waals surface area contributed by atoms with Gasteiger partial charge >= 0.3 is 0 Å². The van der Waals surface area contributed by atoms with Gasteiger partial charge in [0.25, 0.3) is 0 Å². The molecule has 0 amide bonds. The molecule has 0 fully saturated rings. The van der Waals surface area contributed by atoms with Crippen molar-refractivity contribution in [1.29, 1.82) is 0 Å². The zero-order chi connectivity index (χ0) is 14.9. The van der Waals surface area contributed by atoms with Crippen molar-refractivity contribution in [1.82, 2.24) is 0 Å². The Morgan fingerprint density at radius 3 is 1.90 bits per heavy atom. The molecule has 1 aliphatic rings. The Hall–Kier alpha value is -2.22. The van der Waals surface area contributed by atoms with E-state index in [1.165, 1.54) is 0 Å². The van der Waals surface area contributed by atoms with Crippen LogP contribution in [0.2, 0.25) is 0 Å². The predicted octanol–water partition coefficient (Wildman–Crippen LogP) is 4.00. The minimum atomic E-state index is -0.571. The molecular formula is C19H19NO. The van der Waals surface area contributed by atoms with E-state index in [0.29, 0.717) is 0 Å². The number of Topliss-reactive ketones (excluding diaryl/α,β-unsaturated/α-hetero) is 1. The quantitative estimate of drug-likeness (QED) is 0.833. The van der Waals surface area contributed by atoms with Gasteiger partial charge in [-0.2, -0.15) is 0 Å². The first-order valence-electron chi connectivity index (χ1n) is 7.31. The van der Waals surface area contributed by atoms with Crippen LogP contribution in [0.1, 0.15) is 31.4 Å². The number of benzene rings is 2. The van der Waals surface area contributed by atoms with E-state index in [2.05, 4.69) is 24.3 Å². The molecule has 3 rings (SSSR count). The third-order valence-corrected chi connectivity index (χ3v) is 4.29. The highest BCUT2D eigenvalue weighted by Gasteiger charge is 2.48. The average Bonchev–Trinajstić information content (AvgIpc) is 2.88. The normalized spacial score (nSPS) is 20.1. The molecule has 2 aromatic carbocycles. The van der Waals surface area contributed by atoms with Gasteiger partial charge < -0.3 is 0 Å². The first-order chi connectivity index (χ1) is 10.1. The fourth-order valence-electron chi connectivity index (χ4n) is 3.39. The van der Waals surface area contributed by atoms with E-state index in [4.69, 9.17) is 4.99 Å². The van der Waals surface area contributed by atoms with Crippen molar-refractivity contribution in [3.63, 3.8) is 0 Å². The van der Waals surface area contributed by atoms with Crippen LogP contribution < -0.4 is 0 Å². The second-order valence-corrected chi connectivity index (χ2v) is 5.71. The number of aliphatic imine (C=N–C) groups is 1. The molecule has 0 radical (unpaired) electrons. The van der Waals surface area contributed by atoms with E-state index in [1.807, 2.05) is 43.3 Å². The predicted molar refractivity (Wildman–Crippen MR) is 85.6 cm³/mol. The minimum absolute atomic E-state index is 0.123. The molecule has 1 aliphatic heterocycles. The minimum Gasteiger partial charge on any atom is -0.300 e. The highest BCUT2D eigenvalue weighted by atomic mass is 16.1. The summed E-state index contributed by atoms with van der Waals surface area (Å²) in [6, 6.07) is 20.3. The highest BCUT2D eigenvalue weighted by molar-refractivity contribution is 5.94. The standard InChI is InChI=1S/C19H19NO/c1-14-13-18(15(2)21)19(20-14,16-9-5-3-6-10-16)17-11-7-4-8-12-17/h3-12,18H,13H2,1-2H3. The summed E-state index contributed by atoms with van der Waals surface area (Å²) in [4.78, 5) is 17.2. The summed E-state index contributed by atoms with van der Waals surface area (Å²) in [5.74, 6) is 0.0746. The molecule has 2 heteroatoms. The molecule has 2 nitrogen and oxygen atoms in total. The molecule has 106 valence electrons. The summed E-state index contributed by atoms with van der Waals surface area (Å²) in [7, 11) is 0. The lowest BCUT2D eigenvalue weighted by Gasteiger charge is -2.33. The molecular weight excluding hydrogens is 258 g/mol. The lowest BCUT2D eigenvalue weighted by atomic mass is 9.72. The number of carbonyl (C=O) groups excluding carboxylic acids is 1. The van der Waals surface area contributed by atoms with Gasteiger partial charge in [-0.05, 0) is 31.4 Å². The van der Waals surface area contributed by atoms with Crippen LogP contribution in [0.15, 0.2) is 65.7 Å². The molecule has 2 aromatic rings. The largest absolute Gasteiger partial charge is 0.300 e. The zero-order valence-corrected chi connectivity index (χ0v) is 12.4. The van der Waals surface area contributed by atoms with Gasteiger partial charge in [-0.25, -0.2) is 0 Å². The molecule has 0 spiro atoms. The fraction of sp³-hybridized carbons (Fsp3) is 0.263. The molecule has 1 unspecified atom stereocenters. The number of ketones is 1. The van der Waals surface area contributed by atoms with Gasteiger partial charge in [0, 0.05) is 5.71 Å². The summed E-state index contributed by atoms with van der Waals surface area (Å²) < 4.78 is 0. The summed E-state index contributed by atoms with van der Waals surface area (Å²) in [6.07, 6.45) is 0.735. The van der Waals surface area contributed by atoms with Crippen molar-refractivity contribution >= 4 is 11.5 Å². The number of nitrogens with zero attached hydrogens (tertiary/aromatic N) is 1. The SMILES string of the molecule is CC(=O)C1CC(C)=NC1(c1ccccc1)c1ccccc1. The number of rotatable bonds is 3. The Kier molecular flexibility index (Phi) is 3.46. The first-order valence-corrected chi connectivity index (χ1v) is 7.31. The van der Waals surface area contributed by atoms with Crippen molar-refractivity contribution in [3.8, 4) is 0 Å². The summed E-state index contributed by atoms with van der Waals surface area (Å²) in [6.45, 7) is 3.70. The fourth-order valence-corrected chi connectivity index (χ4v) is 3.39. The lowest BCUT2D eigenvalue weighted by Crippen LogP contribution is -2.35. The van der Waals surface area contributed by atoms with Gasteiger partial charge in [0.2, 0.25) is 0 Å². The molecule has 1 heterocycles. The van der Waals surface area contributed by atoms with Crippen molar-refractivity contribution in [2.24, 2.45) is 10.9 Å². The van der Waals surface area contributed by atoms with E-state index in [0.717, 1.165) is 23.3 Å². The average molecular weight is 277 g/mol. The zero-order valence-electron chi connectivity index (χ0n) is 12.4. The van der Waals surface area contributed by atoms with Crippen molar-refractivity contribution in [3.05, 3.63) is 71.8 Å². The van der Waals surface area contributed by atoms with E-state index >= 15 is 0 Å². The van der Waals surface area contributed by atoms with Gasteiger partial charge in [0.15, 0.2) is 0 Å². The van der Waals surface area contributed by atoms with Crippen LogP contribution in [0.5, 0.6) is 0 Å². The van der Waals surface area contributed by atoms with Gasteiger partial charge in [0.1, 0.15) is 11.3 Å². The Morgan fingerprint density at radius 2 is 1.48 bits per heavy atom. The summed E-state index contributed by atoms with van der Waals surface area (Å²) >= 11 is 0. The Morgan fingerprint density at radius 1 is 1.00 bits per heavy atom. The van der Waals surface area contributed by atoms with Gasteiger partial charge in [-0.1, -0.05) is 60.7 Å². The third kappa shape index (κ3) is 2.21. The monoisotopic (exact) mass is 277 g/mol.